The van der Waals surface area contributed by atoms with Gasteiger partial charge in [-0.05, 0) is 50.1 Å². The molecule has 28 heavy (non-hydrogen) atoms. The zero-order chi connectivity index (χ0) is 20.9. The Bertz CT molecular complexity index is 893. The molecule has 0 saturated heterocycles. The molecule has 6 nitrogen and oxygen atoms in total. The van der Waals surface area contributed by atoms with E-state index in [1.807, 2.05) is 38.1 Å². The van der Waals surface area contributed by atoms with Crippen LogP contribution in [-0.2, 0) is 14.8 Å². The molecule has 2 atom stereocenters. The van der Waals surface area contributed by atoms with Crippen molar-refractivity contribution in [2.45, 2.75) is 39.3 Å². The zero-order valence-electron chi connectivity index (χ0n) is 17.0. The first kappa shape index (κ1) is 21.8. The number of sulfonamides is 1. The topological polar surface area (TPSA) is 75.7 Å². The lowest BCUT2D eigenvalue weighted by atomic mass is 10.1. The number of methoxy groups -OCH3 is 1. The zero-order valence-corrected chi connectivity index (χ0v) is 17.8. The van der Waals surface area contributed by atoms with E-state index in [0.717, 1.165) is 17.4 Å². The highest BCUT2D eigenvalue weighted by molar-refractivity contribution is 7.92. The lowest BCUT2D eigenvalue weighted by Crippen LogP contribution is -2.49. The number of anilines is 1. The van der Waals surface area contributed by atoms with Gasteiger partial charge in [0, 0.05) is 0 Å². The third-order valence-electron chi connectivity index (χ3n) is 4.59. The summed E-state index contributed by atoms with van der Waals surface area (Å²) in [7, 11) is -2.13. The number of hydrogen-bond donors (Lipinski definition) is 1. The van der Waals surface area contributed by atoms with Crippen molar-refractivity contribution < 1.29 is 17.9 Å². The van der Waals surface area contributed by atoms with Crippen LogP contribution in [0.4, 0.5) is 5.69 Å². The molecule has 0 heterocycles. The summed E-state index contributed by atoms with van der Waals surface area (Å²) >= 11 is 0. The minimum Gasteiger partial charge on any atom is -0.497 e. The summed E-state index contributed by atoms with van der Waals surface area (Å²) in [6.07, 6.45) is 1.45. The lowest BCUT2D eigenvalue weighted by Gasteiger charge is -2.31. The molecule has 0 aromatic heterocycles. The Labute approximate surface area is 167 Å². The van der Waals surface area contributed by atoms with Crippen molar-refractivity contribution in [2.24, 2.45) is 0 Å². The molecular weight excluding hydrogens is 376 g/mol. The number of aryl methyl sites for hydroxylation is 1. The van der Waals surface area contributed by atoms with E-state index in [-0.39, 0.29) is 11.9 Å². The molecule has 1 amide bonds. The maximum atomic E-state index is 13.0. The summed E-state index contributed by atoms with van der Waals surface area (Å²) in [5, 5.41) is 2.94. The Balaban J connectivity index is 2.29. The van der Waals surface area contributed by atoms with Gasteiger partial charge in [0.2, 0.25) is 15.9 Å². The van der Waals surface area contributed by atoms with Crippen LogP contribution in [0.2, 0.25) is 0 Å². The van der Waals surface area contributed by atoms with Gasteiger partial charge < -0.3 is 10.1 Å². The second-order valence-electron chi connectivity index (χ2n) is 6.82. The predicted molar refractivity (Wildman–Crippen MR) is 112 cm³/mol. The third kappa shape index (κ3) is 5.25. The fraction of sp³-hybridized carbons (Fsp3) is 0.381. The number of amides is 1. The second kappa shape index (κ2) is 9.10. The highest BCUT2D eigenvalue weighted by atomic mass is 32.2. The molecule has 0 spiro atoms. The van der Waals surface area contributed by atoms with Crippen molar-refractivity contribution in [3.05, 3.63) is 59.7 Å². The normalized spacial score (nSPS) is 13.5. The number of rotatable bonds is 8. The largest absolute Gasteiger partial charge is 0.497 e. The van der Waals surface area contributed by atoms with Crippen LogP contribution in [0.25, 0.3) is 0 Å². The number of nitrogens with zero attached hydrogens (tertiary/aromatic N) is 1. The fourth-order valence-corrected chi connectivity index (χ4v) is 4.25. The van der Waals surface area contributed by atoms with Gasteiger partial charge in [-0.3, -0.25) is 9.10 Å². The number of carbonyl (C=O) groups is 1. The van der Waals surface area contributed by atoms with E-state index in [0.29, 0.717) is 17.9 Å². The van der Waals surface area contributed by atoms with E-state index in [9.17, 15) is 13.2 Å². The van der Waals surface area contributed by atoms with E-state index in [1.54, 1.807) is 31.2 Å². The Morgan fingerprint density at radius 1 is 1.11 bits per heavy atom. The average molecular weight is 405 g/mol. The smallest absolute Gasteiger partial charge is 0.244 e. The fourth-order valence-electron chi connectivity index (χ4n) is 3.04. The number of carbonyl (C=O) groups excluding carboxylic acids is 1. The summed E-state index contributed by atoms with van der Waals surface area (Å²) in [4.78, 5) is 13.0. The molecule has 0 aliphatic heterocycles. The highest BCUT2D eigenvalue weighted by Gasteiger charge is 2.32. The van der Waals surface area contributed by atoms with Crippen molar-refractivity contribution in [1.82, 2.24) is 5.32 Å². The quantitative estimate of drug-likeness (QED) is 0.731. The van der Waals surface area contributed by atoms with E-state index >= 15 is 0 Å². The molecule has 0 aliphatic rings. The summed E-state index contributed by atoms with van der Waals surface area (Å²) in [5.41, 5.74) is 2.52. The summed E-state index contributed by atoms with van der Waals surface area (Å²) in [5.74, 6) is 0.277. The second-order valence-corrected chi connectivity index (χ2v) is 8.68. The van der Waals surface area contributed by atoms with Crippen molar-refractivity contribution >= 4 is 21.6 Å². The SMILES string of the molecule is CC[C@@H](C(=O)N[C@H](C)c1ccc(C)cc1)N(c1ccc(OC)cc1)S(C)(=O)=O. The van der Waals surface area contributed by atoms with Crippen LogP contribution in [-0.4, -0.2) is 33.7 Å². The van der Waals surface area contributed by atoms with E-state index in [2.05, 4.69) is 5.32 Å². The Hall–Kier alpha value is -2.54. The molecule has 0 saturated carbocycles. The molecule has 0 unspecified atom stereocenters. The Morgan fingerprint density at radius 2 is 1.68 bits per heavy atom. The highest BCUT2D eigenvalue weighted by Crippen LogP contribution is 2.25. The molecule has 7 heteroatoms. The molecule has 1 N–H and O–H groups in total. The van der Waals surface area contributed by atoms with Crippen molar-refractivity contribution in [3.63, 3.8) is 0 Å². The summed E-state index contributed by atoms with van der Waals surface area (Å²) in [6, 6.07) is 13.4. The minimum atomic E-state index is -3.67. The van der Waals surface area contributed by atoms with Gasteiger partial charge in [0.1, 0.15) is 11.8 Å². The van der Waals surface area contributed by atoms with Gasteiger partial charge >= 0.3 is 0 Å². The standard InChI is InChI=1S/C21H28N2O4S/c1-6-20(21(24)22-16(3)17-9-7-15(2)8-10-17)23(28(5,25)26)18-11-13-19(27-4)14-12-18/h7-14,16,20H,6H2,1-5H3,(H,22,24)/t16-,20+/m1/s1. The monoisotopic (exact) mass is 404 g/mol. The lowest BCUT2D eigenvalue weighted by molar-refractivity contribution is -0.122. The average Bonchev–Trinajstić information content (AvgIpc) is 2.65. The molecule has 0 aliphatic carbocycles. The first-order valence-electron chi connectivity index (χ1n) is 9.17. The van der Waals surface area contributed by atoms with Crippen LogP contribution in [0, 0.1) is 6.92 Å². The molecule has 2 rings (SSSR count). The van der Waals surface area contributed by atoms with Crippen LogP contribution in [0.5, 0.6) is 5.75 Å². The molecule has 2 aromatic carbocycles. The number of nitrogens with one attached hydrogen (secondary N) is 1. The summed E-state index contributed by atoms with van der Waals surface area (Å²) in [6.45, 7) is 5.68. The predicted octanol–water partition coefficient (Wildman–Crippen LogP) is 3.43. The van der Waals surface area contributed by atoms with Crippen LogP contribution in [0.3, 0.4) is 0 Å². The molecule has 152 valence electrons. The first-order chi connectivity index (χ1) is 13.2. The van der Waals surface area contributed by atoms with E-state index < -0.39 is 16.1 Å². The third-order valence-corrected chi connectivity index (χ3v) is 5.77. The van der Waals surface area contributed by atoms with Gasteiger partial charge in [-0.25, -0.2) is 8.42 Å². The number of hydrogen-bond acceptors (Lipinski definition) is 4. The number of benzene rings is 2. The Morgan fingerprint density at radius 3 is 2.14 bits per heavy atom. The molecular formula is C21H28N2O4S. The molecule has 0 radical (unpaired) electrons. The van der Waals surface area contributed by atoms with Crippen molar-refractivity contribution in [2.75, 3.05) is 17.7 Å². The van der Waals surface area contributed by atoms with Gasteiger partial charge in [0.15, 0.2) is 0 Å². The van der Waals surface area contributed by atoms with Gasteiger partial charge in [0.25, 0.3) is 0 Å². The molecule has 2 aromatic rings. The molecule has 0 bridgehead atoms. The molecule has 0 fully saturated rings. The summed E-state index contributed by atoms with van der Waals surface area (Å²) < 4.78 is 31.3. The van der Waals surface area contributed by atoms with E-state index in [1.165, 1.54) is 11.4 Å². The van der Waals surface area contributed by atoms with Crippen LogP contribution in [0.15, 0.2) is 48.5 Å². The number of ether oxygens (including phenoxy) is 1. The van der Waals surface area contributed by atoms with Crippen molar-refractivity contribution in [3.8, 4) is 5.75 Å². The Kier molecular flexibility index (Phi) is 7.07. The first-order valence-corrected chi connectivity index (χ1v) is 11.0. The van der Waals surface area contributed by atoms with E-state index in [4.69, 9.17) is 4.74 Å². The maximum Gasteiger partial charge on any atom is 0.244 e. The van der Waals surface area contributed by atoms with Crippen LogP contribution < -0.4 is 14.4 Å². The van der Waals surface area contributed by atoms with Gasteiger partial charge in [0.05, 0.1) is 25.1 Å². The van der Waals surface area contributed by atoms with Gasteiger partial charge in [-0.2, -0.15) is 0 Å². The maximum absolute atomic E-state index is 13.0. The van der Waals surface area contributed by atoms with Crippen LogP contribution >= 0.6 is 0 Å². The van der Waals surface area contributed by atoms with Gasteiger partial charge in [-0.15, -0.1) is 0 Å². The minimum absolute atomic E-state index is 0.237. The van der Waals surface area contributed by atoms with Crippen LogP contribution in [0.1, 0.15) is 37.4 Å². The van der Waals surface area contributed by atoms with Gasteiger partial charge in [-0.1, -0.05) is 36.8 Å². The van der Waals surface area contributed by atoms with Crippen molar-refractivity contribution in [1.29, 1.82) is 0 Å².